The predicted octanol–water partition coefficient (Wildman–Crippen LogP) is 3.89. The molecule has 63 valence electrons. The van der Waals surface area contributed by atoms with Gasteiger partial charge in [0.05, 0.1) is 0 Å². The van der Waals surface area contributed by atoms with Crippen LogP contribution in [0, 0.1) is 6.08 Å². The van der Waals surface area contributed by atoms with Crippen LogP contribution in [0.25, 0.3) is 0 Å². The molecule has 0 rings (SSSR count). The van der Waals surface area contributed by atoms with Crippen molar-refractivity contribution in [2.75, 3.05) is 0 Å². The summed E-state index contributed by atoms with van der Waals surface area (Å²) < 4.78 is 0. The van der Waals surface area contributed by atoms with Gasteiger partial charge in [0.2, 0.25) is 0 Å². The maximum atomic E-state index is 3.20. The average molecular weight is 151 g/mol. The molecule has 0 aromatic carbocycles. The van der Waals surface area contributed by atoms with Crippen molar-refractivity contribution in [3.63, 3.8) is 0 Å². The first kappa shape index (κ1) is 10.5. The van der Waals surface area contributed by atoms with Crippen LogP contribution in [-0.4, -0.2) is 0 Å². The Hall–Kier alpha value is -0.520. The molecule has 0 spiro atoms. The lowest BCUT2D eigenvalue weighted by Crippen LogP contribution is -1.65. The minimum Gasteiger partial charge on any atom is -0.0845 e. The van der Waals surface area contributed by atoms with E-state index in [0.29, 0.717) is 0 Å². The topological polar surface area (TPSA) is 0 Å². The van der Waals surface area contributed by atoms with Crippen LogP contribution in [0.3, 0.4) is 0 Å². The molecular weight excluding hydrogens is 132 g/mol. The van der Waals surface area contributed by atoms with Crippen molar-refractivity contribution >= 4 is 0 Å². The molecule has 0 aliphatic rings. The van der Waals surface area contributed by atoms with Gasteiger partial charge in [-0.2, -0.15) is 0 Å². The third kappa shape index (κ3) is 9.48. The largest absolute Gasteiger partial charge is 0.0845 e. The number of allylic oxidation sites excluding steroid dienone is 4. The first-order chi connectivity index (χ1) is 5.41. The molecule has 0 unspecified atom stereocenters. The third-order valence-electron chi connectivity index (χ3n) is 1.47. The van der Waals surface area contributed by atoms with E-state index in [9.17, 15) is 0 Å². The first-order valence-corrected chi connectivity index (χ1v) is 4.63. The fourth-order valence-electron chi connectivity index (χ4n) is 0.782. The molecule has 0 heteroatoms. The van der Waals surface area contributed by atoms with E-state index in [4.69, 9.17) is 0 Å². The van der Waals surface area contributed by atoms with Crippen molar-refractivity contribution in [1.82, 2.24) is 0 Å². The van der Waals surface area contributed by atoms with Gasteiger partial charge in [0.25, 0.3) is 0 Å². The van der Waals surface area contributed by atoms with Gasteiger partial charge in [-0.1, -0.05) is 51.3 Å². The van der Waals surface area contributed by atoms with Crippen LogP contribution in [0.15, 0.2) is 18.2 Å². The minimum absolute atomic E-state index is 1.08. The van der Waals surface area contributed by atoms with Crippen LogP contribution >= 0.6 is 0 Å². The normalized spacial score (nSPS) is 11.8. The Balaban J connectivity index is 3.14. The second-order valence-electron chi connectivity index (χ2n) is 2.69. The van der Waals surface area contributed by atoms with E-state index >= 15 is 0 Å². The lowest BCUT2D eigenvalue weighted by molar-refractivity contribution is 0.815. The van der Waals surface area contributed by atoms with Gasteiger partial charge < -0.3 is 0 Å². The highest BCUT2D eigenvalue weighted by atomic mass is 13.8. The van der Waals surface area contributed by atoms with Gasteiger partial charge in [-0.25, -0.2) is 0 Å². The zero-order chi connectivity index (χ0) is 8.36. The molecule has 0 atom stereocenters. The van der Waals surface area contributed by atoms with Crippen LogP contribution in [0.4, 0.5) is 0 Å². The number of unbranched alkanes of at least 4 members (excludes halogenated alkanes) is 3. The molecule has 1 radical (unpaired) electrons. The van der Waals surface area contributed by atoms with Gasteiger partial charge >= 0.3 is 0 Å². The van der Waals surface area contributed by atoms with Crippen LogP contribution in [0.5, 0.6) is 0 Å². The van der Waals surface area contributed by atoms with E-state index in [1.54, 1.807) is 0 Å². The van der Waals surface area contributed by atoms with Crippen molar-refractivity contribution in [3.8, 4) is 0 Å². The second-order valence-corrected chi connectivity index (χ2v) is 2.69. The summed E-state index contributed by atoms with van der Waals surface area (Å²) in [4.78, 5) is 0. The Morgan fingerprint density at radius 3 is 2.64 bits per heavy atom. The summed E-state index contributed by atoms with van der Waals surface area (Å²) in [5, 5.41) is 0. The quantitative estimate of drug-likeness (QED) is 0.399. The molecule has 0 aliphatic carbocycles. The number of hydrogen-bond acceptors (Lipinski definition) is 0. The fourth-order valence-corrected chi connectivity index (χ4v) is 0.782. The standard InChI is InChI=1S/C11H19/c1-3-5-7-9-11-10-8-6-4-2/h9-11H,3-7H2,1-2H3/b10-8?,11-9+. The summed E-state index contributed by atoms with van der Waals surface area (Å²) in [6.45, 7) is 4.38. The van der Waals surface area contributed by atoms with Crippen molar-refractivity contribution in [2.24, 2.45) is 0 Å². The van der Waals surface area contributed by atoms with E-state index < -0.39 is 0 Å². The lowest BCUT2D eigenvalue weighted by atomic mass is 10.2. The molecule has 0 aromatic rings. The zero-order valence-electron chi connectivity index (χ0n) is 7.77. The van der Waals surface area contributed by atoms with Gasteiger partial charge in [0, 0.05) is 0 Å². The monoisotopic (exact) mass is 151 g/mol. The molecule has 0 saturated carbocycles. The Morgan fingerprint density at radius 1 is 1.18 bits per heavy atom. The van der Waals surface area contributed by atoms with Crippen LogP contribution < -0.4 is 0 Å². The molecule has 0 fully saturated rings. The molecular formula is C11H19. The van der Waals surface area contributed by atoms with Gasteiger partial charge in [0.15, 0.2) is 0 Å². The lowest BCUT2D eigenvalue weighted by Gasteiger charge is -1.85. The van der Waals surface area contributed by atoms with Crippen LogP contribution in [0.2, 0.25) is 0 Å². The zero-order valence-corrected chi connectivity index (χ0v) is 7.77. The highest BCUT2D eigenvalue weighted by molar-refractivity contribution is 4.98. The van der Waals surface area contributed by atoms with E-state index in [2.05, 4.69) is 32.1 Å². The van der Waals surface area contributed by atoms with E-state index in [1.807, 2.05) is 6.08 Å². The Morgan fingerprint density at radius 2 is 2.00 bits per heavy atom. The van der Waals surface area contributed by atoms with Crippen LogP contribution in [-0.2, 0) is 0 Å². The molecule has 0 nitrogen and oxygen atoms in total. The maximum Gasteiger partial charge on any atom is -0.0279 e. The average Bonchev–Trinajstić information content (AvgIpc) is 2.03. The van der Waals surface area contributed by atoms with Gasteiger partial charge in [-0.3, -0.25) is 0 Å². The minimum atomic E-state index is 1.08. The predicted molar refractivity (Wildman–Crippen MR) is 51.4 cm³/mol. The summed E-state index contributed by atoms with van der Waals surface area (Å²) in [7, 11) is 0. The molecule has 11 heavy (non-hydrogen) atoms. The van der Waals surface area contributed by atoms with Gasteiger partial charge in [0.1, 0.15) is 0 Å². The highest BCUT2D eigenvalue weighted by Crippen LogP contribution is 1.95. The SMILES string of the molecule is CCC/[C]=C\C=C\CCCC. The van der Waals surface area contributed by atoms with Crippen molar-refractivity contribution < 1.29 is 0 Å². The summed E-state index contributed by atoms with van der Waals surface area (Å²) in [6, 6.07) is 0. The fraction of sp³-hybridized carbons (Fsp3) is 0.636. The van der Waals surface area contributed by atoms with Gasteiger partial charge in [-0.05, 0) is 18.9 Å². The molecule has 0 N–H and O–H groups in total. The van der Waals surface area contributed by atoms with E-state index in [1.165, 1.54) is 25.7 Å². The number of hydrogen-bond donors (Lipinski definition) is 0. The van der Waals surface area contributed by atoms with Crippen molar-refractivity contribution in [2.45, 2.75) is 46.0 Å². The summed E-state index contributed by atoms with van der Waals surface area (Å²) in [5.41, 5.74) is 0. The molecule has 0 bridgehead atoms. The van der Waals surface area contributed by atoms with E-state index in [-0.39, 0.29) is 0 Å². The Bertz CT molecular complexity index is 109. The smallest absolute Gasteiger partial charge is 0.0279 e. The first-order valence-electron chi connectivity index (χ1n) is 4.63. The molecule has 0 saturated heterocycles. The highest BCUT2D eigenvalue weighted by Gasteiger charge is 1.75. The maximum absolute atomic E-state index is 3.20. The Kier molecular flexibility index (Phi) is 9.03. The molecule has 0 aromatic heterocycles. The third-order valence-corrected chi connectivity index (χ3v) is 1.47. The second kappa shape index (κ2) is 9.48. The Labute approximate surface area is 71.0 Å². The molecule has 0 aliphatic heterocycles. The van der Waals surface area contributed by atoms with Crippen molar-refractivity contribution in [3.05, 3.63) is 24.3 Å². The molecule has 0 amide bonds. The number of rotatable bonds is 6. The summed E-state index contributed by atoms with van der Waals surface area (Å²) >= 11 is 0. The van der Waals surface area contributed by atoms with Crippen LogP contribution in [0.1, 0.15) is 46.0 Å². The summed E-state index contributed by atoms with van der Waals surface area (Å²) in [5.74, 6) is 0. The van der Waals surface area contributed by atoms with E-state index in [0.717, 1.165) is 6.42 Å². The summed E-state index contributed by atoms with van der Waals surface area (Å²) in [6.07, 6.45) is 15.6. The molecule has 0 heterocycles. The van der Waals surface area contributed by atoms with Gasteiger partial charge in [-0.15, -0.1) is 0 Å². The van der Waals surface area contributed by atoms with Crippen molar-refractivity contribution in [1.29, 1.82) is 0 Å².